The maximum Gasteiger partial charge on any atom is 0.325 e. The molecule has 4 amide bonds. The van der Waals surface area contributed by atoms with Gasteiger partial charge in [-0.25, -0.2) is 4.79 Å². The Hall–Kier alpha value is -2.57. The molecule has 124 valence electrons. The molecule has 1 saturated heterocycles. The summed E-state index contributed by atoms with van der Waals surface area (Å²) < 4.78 is 5.25. The van der Waals surface area contributed by atoms with Gasteiger partial charge < -0.3 is 15.0 Å². The molecule has 0 unspecified atom stereocenters. The second kappa shape index (κ2) is 6.28. The highest BCUT2D eigenvalue weighted by atomic mass is 16.5. The molecule has 0 aliphatic carbocycles. The highest BCUT2D eigenvalue weighted by Gasteiger charge is 2.45. The smallest absolute Gasteiger partial charge is 0.325 e. The monoisotopic (exact) mass is 319 g/mol. The minimum Gasteiger partial charge on any atom is -0.496 e. The third-order valence-electron chi connectivity index (χ3n) is 3.76. The third kappa shape index (κ3) is 3.44. The van der Waals surface area contributed by atoms with Crippen LogP contribution in [0.15, 0.2) is 24.3 Å². The Labute approximate surface area is 135 Å². The maximum absolute atomic E-state index is 12.3. The summed E-state index contributed by atoms with van der Waals surface area (Å²) in [6.45, 7) is 3.27. The van der Waals surface area contributed by atoms with Crippen LogP contribution in [-0.2, 0) is 16.1 Å². The van der Waals surface area contributed by atoms with E-state index in [1.807, 2.05) is 24.3 Å². The topological polar surface area (TPSA) is 79.0 Å². The molecule has 1 fully saturated rings. The second-order valence-corrected chi connectivity index (χ2v) is 6.01. The molecule has 7 nitrogen and oxygen atoms in total. The molecule has 0 aromatic heterocycles. The first-order valence-corrected chi connectivity index (χ1v) is 7.26. The van der Waals surface area contributed by atoms with Gasteiger partial charge in [0, 0.05) is 19.2 Å². The van der Waals surface area contributed by atoms with Gasteiger partial charge in [0.25, 0.3) is 5.91 Å². The molecule has 1 N–H and O–H groups in total. The van der Waals surface area contributed by atoms with Crippen molar-refractivity contribution in [3.8, 4) is 5.75 Å². The molecule has 1 aromatic carbocycles. The van der Waals surface area contributed by atoms with Crippen molar-refractivity contribution in [1.29, 1.82) is 0 Å². The molecule has 1 heterocycles. The number of amides is 4. The molecule has 0 radical (unpaired) electrons. The minimum absolute atomic E-state index is 0.278. The van der Waals surface area contributed by atoms with E-state index in [9.17, 15) is 14.4 Å². The number of methoxy groups -OCH3 is 1. The maximum atomic E-state index is 12.3. The summed E-state index contributed by atoms with van der Waals surface area (Å²) >= 11 is 0. The van der Waals surface area contributed by atoms with E-state index in [-0.39, 0.29) is 12.5 Å². The average molecular weight is 319 g/mol. The van der Waals surface area contributed by atoms with Gasteiger partial charge in [-0.15, -0.1) is 0 Å². The third-order valence-corrected chi connectivity index (χ3v) is 3.76. The molecule has 0 saturated carbocycles. The Kier molecular flexibility index (Phi) is 4.58. The summed E-state index contributed by atoms with van der Waals surface area (Å²) in [6, 6.07) is 6.84. The zero-order chi connectivity index (χ0) is 17.2. The van der Waals surface area contributed by atoms with Crippen LogP contribution >= 0.6 is 0 Å². The fraction of sp³-hybridized carbons (Fsp3) is 0.438. The molecule has 0 atom stereocenters. The van der Waals surface area contributed by atoms with E-state index in [2.05, 4.69) is 5.32 Å². The molecule has 1 aromatic rings. The fourth-order valence-electron chi connectivity index (χ4n) is 2.39. The van der Waals surface area contributed by atoms with Crippen LogP contribution in [-0.4, -0.2) is 53.9 Å². The van der Waals surface area contributed by atoms with Crippen molar-refractivity contribution in [2.45, 2.75) is 25.9 Å². The molecule has 7 heteroatoms. The van der Waals surface area contributed by atoms with Gasteiger partial charge in [0.15, 0.2) is 0 Å². The quantitative estimate of drug-likeness (QED) is 0.821. The number of rotatable bonds is 5. The van der Waals surface area contributed by atoms with Crippen LogP contribution in [0.1, 0.15) is 19.4 Å². The minimum atomic E-state index is -0.974. The zero-order valence-corrected chi connectivity index (χ0v) is 13.8. The Balaban J connectivity index is 2.03. The number of benzene rings is 1. The van der Waals surface area contributed by atoms with Gasteiger partial charge in [-0.3, -0.25) is 14.5 Å². The molecule has 0 bridgehead atoms. The summed E-state index contributed by atoms with van der Waals surface area (Å²) in [4.78, 5) is 38.7. The molecule has 23 heavy (non-hydrogen) atoms. The van der Waals surface area contributed by atoms with E-state index >= 15 is 0 Å². The first kappa shape index (κ1) is 16.8. The van der Waals surface area contributed by atoms with Gasteiger partial charge in [-0.2, -0.15) is 0 Å². The van der Waals surface area contributed by atoms with Crippen LogP contribution in [0.4, 0.5) is 4.79 Å². The lowest BCUT2D eigenvalue weighted by Crippen LogP contribution is -2.43. The number of likely N-dealkylation sites (N-methyl/N-ethyl adjacent to an activating group) is 1. The Bertz CT molecular complexity index is 642. The van der Waals surface area contributed by atoms with Crippen molar-refractivity contribution in [2.24, 2.45) is 0 Å². The molecule has 2 rings (SSSR count). The van der Waals surface area contributed by atoms with E-state index in [1.54, 1.807) is 28.0 Å². The lowest BCUT2D eigenvalue weighted by atomic mass is 10.1. The summed E-state index contributed by atoms with van der Waals surface area (Å²) in [6.07, 6.45) is 0. The van der Waals surface area contributed by atoms with Crippen molar-refractivity contribution in [2.75, 3.05) is 20.7 Å². The number of ether oxygens (including phenoxy) is 1. The molecular weight excluding hydrogens is 298 g/mol. The van der Waals surface area contributed by atoms with E-state index in [1.165, 1.54) is 4.90 Å². The Morgan fingerprint density at radius 3 is 2.52 bits per heavy atom. The van der Waals surface area contributed by atoms with E-state index in [0.29, 0.717) is 12.3 Å². The van der Waals surface area contributed by atoms with Gasteiger partial charge in [-0.1, -0.05) is 18.2 Å². The standard InChI is InChI=1S/C16H21N3O4/c1-16(2)14(21)19(15(22)17-16)10-13(20)18(3)9-11-7-5-6-8-12(11)23-4/h5-8H,9-10H2,1-4H3,(H,17,22). The highest BCUT2D eigenvalue weighted by Crippen LogP contribution is 2.20. The number of carbonyl (C=O) groups excluding carboxylic acids is 3. The zero-order valence-electron chi connectivity index (χ0n) is 13.8. The van der Waals surface area contributed by atoms with Gasteiger partial charge in [0.2, 0.25) is 5.91 Å². The first-order valence-electron chi connectivity index (χ1n) is 7.26. The first-order chi connectivity index (χ1) is 10.8. The van der Waals surface area contributed by atoms with Crippen LogP contribution in [0.2, 0.25) is 0 Å². The second-order valence-electron chi connectivity index (χ2n) is 6.01. The van der Waals surface area contributed by atoms with Crippen LogP contribution < -0.4 is 10.1 Å². The van der Waals surface area contributed by atoms with Crippen molar-refractivity contribution in [3.05, 3.63) is 29.8 Å². The van der Waals surface area contributed by atoms with Gasteiger partial charge in [-0.05, 0) is 19.9 Å². The van der Waals surface area contributed by atoms with Crippen LogP contribution in [0.5, 0.6) is 5.75 Å². The summed E-state index contributed by atoms with van der Waals surface area (Å²) in [5.41, 5.74) is -0.123. The Morgan fingerprint density at radius 1 is 1.30 bits per heavy atom. The van der Waals surface area contributed by atoms with Crippen molar-refractivity contribution >= 4 is 17.8 Å². The molecular formula is C16H21N3O4. The number of urea groups is 1. The number of hydrogen-bond donors (Lipinski definition) is 1. The summed E-state index contributed by atoms with van der Waals surface area (Å²) in [7, 11) is 3.19. The number of carbonyl (C=O) groups is 3. The summed E-state index contributed by atoms with van der Waals surface area (Å²) in [5.74, 6) is -0.0399. The van der Waals surface area contributed by atoms with E-state index in [0.717, 1.165) is 10.5 Å². The largest absolute Gasteiger partial charge is 0.496 e. The van der Waals surface area contributed by atoms with Crippen molar-refractivity contribution in [1.82, 2.24) is 15.1 Å². The number of imide groups is 1. The lowest BCUT2D eigenvalue weighted by molar-refractivity contribution is -0.138. The Morgan fingerprint density at radius 2 is 1.96 bits per heavy atom. The van der Waals surface area contributed by atoms with Crippen LogP contribution in [0.25, 0.3) is 0 Å². The number of nitrogens with zero attached hydrogens (tertiary/aromatic N) is 2. The average Bonchev–Trinajstić information content (AvgIpc) is 2.69. The molecule has 1 aliphatic heterocycles. The van der Waals surface area contributed by atoms with Gasteiger partial charge in [0.1, 0.15) is 17.8 Å². The predicted molar refractivity (Wildman–Crippen MR) is 83.8 cm³/mol. The van der Waals surface area contributed by atoms with E-state index < -0.39 is 17.5 Å². The van der Waals surface area contributed by atoms with Gasteiger partial charge >= 0.3 is 6.03 Å². The highest BCUT2D eigenvalue weighted by molar-refractivity contribution is 6.08. The molecule has 0 spiro atoms. The predicted octanol–water partition coefficient (Wildman–Crippen LogP) is 0.984. The van der Waals surface area contributed by atoms with Crippen molar-refractivity contribution < 1.29 is 19.1 Å². The lowest BCUT2D eigenvalue weighted by Gasteiger charge is -2.21. The SMILES string of the molecule is COc1ccccc1CN(C)C(=O)CN1C(=O)NC(C)(C)C1=O. The van der Waals surface area contributed by atoms with Crippen LogP contribution in [0.3, 0.4) is 0 Å². The normalized spacial score (nSPS) is 16.3. The van der Waals surface area contributed by atoms with E-state index in [4.69, 9.17) is 4.74 Å². The fourth-order valence-corrected chi connectivity index (χ4v) is 2.39. The number of hydrogen-bond acceptors (Lipinski definition) is 4. The van der Waals surface area contributed by atoms with Gasteiger partial charge in [0.05, 0.1) is 7.11 Å². The molecule has 1 aliphatic rings. The number of para-hydroxylation sites is 1. The number of nitrogens with one attached hydrogen (secondary N) is 1. The summed E-state index contributed by atoms with van der Waals surface area (Å²) in [5, 5.41) is 2.55. The van der Waals surface area contributed by atoms with Crippen molar-refractivity contribution in [3.63, 3.8) is 0 Å². The van der Waals surface area contributed by atoms with Crippen LogP contribution in [0, 0.1) is 0 Å².